The van der Waals surface area contributed by atoms with Crippen LogP contribution >= 0.6 is 15.6 Å². The Kier molecular flexibility index (Phi) is 5.46. The van der Waals surface area contributed by atoms with Gasteiger partial charge in [-0.1, -0.05) is 0 Å². The van der Waals surface area contributed by atoms with Crippen molar-refractivity contribution in [3.8, 4) is 0 Å². The highest BCUT2D eigenvalue weighted by molar-refractivity contribution is 7.60. The molecule has 0 aliphatic carbocycles. The summed E-state index contributed by atoms with van der Waals surface area (Å²) in [6.07, 6.45) is -5.25. The molecule has 2 aromatic rings. The summed E-state index contributed by atoms with van der Waals surface area (Å²) in [4.78, 5) is 48.5. The molecule has 8 N–H and O–H groups in total. The van der Waals surface area contributed by atoms with Gasteiger partial charge in [-0.15, -0.1) is 0 Å². The van der Waals surface area contributed by atoms with E-state index in [0.29, 0.717) is 0 Å². The number of H-pyrrole nitrogens is 1. The van der Waals surface area contributed by atoms with Crippen molar-refractivity contribution in [2.24, 2.45) is 0 Å². The first-order valence-corrected chi connectivity index (χ1v) is 10.4. The average Bonchev–Trinajstić information content (AvgIpc) is 3.07. The van der Waals surface area contributed by atoms with Crippen LogP contribution in [-0.4, -0.2) is 69.3 Å². The van der Waals surface area contributed by atoms with E-state index >= 15 is 0 Å². The van der Waals surface area contributed by atoms with Crippen LogP contribution in [-0.2, 0) is 22.7 Å². The first kappa shape index (κ1) is 21.0. The first-order chi connectivity index (χ1) is 12.9. The molecule has 3 unspecified atom stereocenters. The van der Waals surface area contributed by atoms with Crippen LogP contribution in [0.25, 0.3) is 11.2 Å². The summed E-state index contributed by atoms with van der Waals surface area (Å²) < 4.78 is 37.2. The Bertz CT molecular complexity index is 1030. The molecule has 156 valence electrons. The molecule has 3 rings (SSSR count). The van der Waals surface area contributed by atoms with Gasteiger partial charge >= 0.3 is 15.6 Å². The molecule has 1 aliphatic heterocycles. The van der Waals surface area contributed by atoms with Crippen LogP contribution in [0.1, 0.15) is 6.23 Å². The number of hydrogen-bond acceptors (Lipinski definition) is 11. The summed E-state index contributed by atoms with van der Waals surface area (Å²) >= 11 is 0. The maximum absolute atomic E-state index is 11.8. The number of phosphoric ester groups is 1. The topological polar surface area (TPSA) is 253 Å². The number of nitrogen functional groups attached to an aromatic ring is 1. The summed E-state index contributed by atoms with van der Waals surface area (Å²) in [6, 6.07) is 0. The summed E-state index contributed by atoms with van der Waals surface area (Å²) in [5.41, 5.74) is 4.56. The van der Waals surface area contributed by atoms with E-state index in [9.17, 15) is 29.0 Å². The minimum atomic E-state index is -5.40. The highest BCUT2D eigenvalue weighted by Gasteiger charge is 2.50. The standard InChI is InChI=1S/C10H15N5O11P2/c11-10-13-7-4(8(18)14-10)12-2-15(7)9-5(17)6(3(1-16)24-9)25-28(22,23)26-27(19,20)21/h2-3,5-6,9,16-17H,1H2,(H,22,23)(H2,19,20,21)(H3,11,13,14,18)/t3-,5?,6?,9-/m1/s1. The number of anilines is 1. The number of aromatic amines is 1. The fourth-order valence-electron chi connectivity index (χ4n) is 2.66. The Morgan fingerprint density at radius 1 is 1.36 bits per heavy atom. The van der Waals surface area contributed by atoms with E-state index in [1.165, 1.54) is 0 Å². The lowest BCUT2D eigenvalue weighted by molar-refractivity contribution is -0.0509. The fraction of sp³-hybridized carbons (Fsp3) is 0.500. The van der Waals surface area contributed by atoms with Crippen molar-refractivity contribution in [3.63, 3.8) is 0 Å². The summed E-state index contributed by atoms with van der Waals surface area (Å²) in [6.45, 7) is -0.809. The number of phosphoric acid groups is 2. The second kappa shape index (κ2) is 7.27. The minimum absolute atomic E-state index is 0.0960. The fourth-order valence-corrected chi connectivity index (χ4v) is 4.46. The number of rotatable bonds is 6. The molecule has 0 radical (unpaired) electrons. The largest absolute Gasteiger partial charge is 0.481 e. The Morgan fingerprint density at radius 3 is 2.64 bits per heavy atom. The molecule has 0 bridgehead atoms. The van der Waals surface area contributed by atoms with Crippen LogP contribution in [0.5, 0.6) is 0 Å². The molecule has 18 heteroatoms. The number of nitrogens with two attached hydrogens (primary N) is 1. The molecule has 28 heavy (non-hydrogen) atoms. The van der Waals surface area contributed by atoms with Gasteiger partial charge in [0.05, 0.1) is 12.9 Å². The quantitative estimate of drug-likeness (QED) is 0.229. The molecule has 16 nitrogen and oxygen atoms in total. The Balaban J connectivity index is 1.93. The third-order valence-corrected chi connectivity index (χ3v) is 5.86. The van der Waals surface area contributed by atoms with Crippen LogP contribution < -0.4 is 11.3 Å². The zero-order valence-electron chi connectivity index (χ0n) is 13.6. The molecule has 5 atom stereocenters. The van der Waals surface area contributed by atoms with Crippen LogP contribution in [0.15, 0.2) is 11.1 Å². The van der Waals surface area contributed by atoms with E-state index < -0.39 is 52.4 Å². The molecule has 0 amide bonds. The van der Waals surface area contributed by atoms with Gasteiger partial charge in [0.2, 0.25) is 5.95 Å². The predicted molar refractivity (Wildman–Crippen MR) is 87.4 cm³/mol. The predicted octanol–water partition coefficient (Wildman–Crippen LogP) is -2.45. The van der Waals surface area contributed by atoms with Gasteiger partial charge in [-0.2, -0.15) is 9.29 Å². The zero-order chi connectivity index (χ0) is 20.9. The Hall–Kier alpha value is -1.71. The third kappa shape index (κ3) is 4.16. The monoisotopic (exact) mass is 443 g/mol. The van der Waals surface area contributed by atoms with Gasteiger partial charge in [-0.3, -0.25) is 18.9 Å². The number of imidazole rings is 1. The number of nitrogens with zero attached hydrogens (tertiary/aromatic N) is 3. The molecule has 1 fully saturated rings. The van der Waals surface area contributed by atoms with Gasteiger partial charge in [0.15, 0.2) is 17.4 Å². The summed E-state index contributed by atoms with van der Waals surface area (Å²) in [5.74, 6) is -0.256. The van der Waals surface area contributed by atoms with E-state index in [-0.39, 0.29) is 17.1 Å². The van der Waals surface area contributed by atoms with E-state index in [2.05, 4.69) is 23.8 Å². The SMILES string of the molecule is Nc1nc2c(ncn2[C@@H]2O[C@H](CO)C(OP(=O)(O)OP(=O)(O)O)C2O)c(=O)[nH]1. The molecule has 0 spiro atoms. The van der Waals surface area contributed by atoms with Crippen molar-refractivity contribution in [1.82, 2.24) is 19.5 Å². The van der Waals surface area contributed by atoms with Crippen LogP contribution in [0.3, 0.4) is 0 Å². The third-order valence-electron chi connectivity index (χ3n) is 3.68. The van der Waals surface area contributed by atoms with Gasteiger partial charge < -0.3 is 35.4 Å². The van der Waals surface area contributed by atoms with Gasteiger partial charge in [0.1, 0.15) is 18.3 Å². The van der Waals surface area contributed by atoms with Crippen LogP contribution in [0.4, 0.5) is 5.95 Å². The van der Waals surface area contributed by atoms with E-state index in [0.717, 1.165) is 10.9 Å². The minimum Gasteiger partial charge on any atom is -0.394 e. The van der Waals surface area contributed by atoms with E-state index in [1.54, 1.807) is 0 Å². The van der Waals surface area contributed by atoms with Gasteiger partial charge in [0, 0.05) is 0 Å². The molecular formula is C10H15N5O11P2. The number of aromatic nitrogens is 4. The molecule has 0 saturated carbocycles. The number of nitrogens with one attached hydrogen (secondary N) is 1. The van der Waals surface area contributed by atoms with Gasteiger partial charge in [-0.05, 0) is 0 Å². The van der Waals surface area contributed by atoms with E-state index in [4.69, 9.17) is 20.3 Å². The second-order valence-electron chi connectivity index (χ2n) is 5.62. The molecule has 2 aromatic heterocycles. The van der Waals surface area contributed by atoms with Crippen molar-refractivity contribution in [3.05, 3.63) is 16.7 Å². The van der Waals surface area contributed by atoms with Crippen molar-refractivity contribution >= 4 is 32.8 Å². The second-order valence-corrected chi connectivity index (χ2v) is 8.41. The Morgan fingerprint density at radius 2 is 2.04 bits per heavy atom. The molecule has 0 aromatic carbocycles. The van der Waals surface area contributed by atoms with Crippen molar-refractivity contribution < 1.29 is 47.6 Å². The number of fused-ring (bicyclic) bond motifs is 1. The normalized spacial score (nSPS) is 27.9. The maximum atomic E-state index is 11.8. The number of hydrogen-bond donors (Lipinski definition) is 7. The summed E-state index contributed by atoms with van der Waals surface area (Å²) in [5, 5.41) is 19.8. The van der Waals surface area contributed by atoms with Gasteiger partial charge in [-0.25, -0.2) is 14.1 Å². The first-order valence-electron chi connectivity index (χ1n) is 7.36. The van der Waals surface area contributed by atoms with Crippen molar-refractivity contribution in [1.29, 1.82) is 0 Å². The highest BCUT2D eigenvalue weighted by atomic mass is 31.3. The smallest absolute Gasteiger partial charge is 0.394 e. The van der Waals surface area contributed by atoms with Crippen molar-refractivity contribution in [2.45, 2.75) is 24.5 Å². The number of aliphatic hydroxyl groups is 2. The van der Waals surface area contributed by atoms with E-state index in [1.807, 2.05) is 0 Å². The lowest BCUT2D eigenvalue weighted by Gasteiger charge is -2.22. The molecule has 3 heterocycles. The average molecular weight is 443 g/mol. The molecular weight excluding hydrogens is 428 g/mol. The van der Waals surface area contributed by atoms with Crippen LogP contribution in [0, 0.1) is 0 Å². The zero-order valence-corrected chi connectivity index (χ0v) is 15.4. The molecule has 1 aliphatic rings. The molecule has 1 saturated heterocycles. The highest BCUT2D eigenvalue weighted by Crippen LogP contribution is 2.59. The van der Waals surface area contributed by atoms with Crippen molar-refractivity contribution in [2.75, 3.05) is 12.3 Å². The number of aliphatic hydroxyl groups excluding tert-OH is 2. The number of ether oxygens (including phenoxy) is 1. The summed E-state index contributed by atoms with van der Waals surface area (Å²) in [7, 11) is -10.7. The lowest BCUT2D eigenvalue weighted by Crippen LogP contribution is -2.35. The lowest BCUT2D eigenvalue weighted by atomic mass is 10.1. The van der Waals surface area contributed by atoms with Crippen LogP contribution in [0.2, 0.25) is 0 Å². The maximum Gasteiger partial charge on any atom is 0.481 e. The van der Waals surface area contributed by atoms with Gasteiger partial charge in [0.25, 0.3) is 5.56 Å². The Labute approximate surface area is 154 Å².